The molecule has 0 unspecified atom stereocenters. The van der Waals surface area contributed by atoms with Gasteiger partial charge < -0.3 is 9.97 Å². The maximum atomic E-state index is 4.55. The van der Waals surface area contributed by atoms with Crippen LogP contribution < -0.4 is 0 Å². The molecule has 2 nitrogen and oxygen atoms in total. The van der Waals surface area contributed by atoms with E-state index in [-0.39, 0.29) is 20.1 Å². The summed E-state index contributed by atoms with van der Waals surface area (Å²) in [5.74, 6) is 0. The van der Waals surface area contributed by atoms with Gasteiger partial charge in [-0.05, 0) is 45.1 Å². The van der Waals surface area contributed by atoms with E-state index < -0.39 is 0 Å². The summed E-state index contributed by atoms with van der Waals surface area (Å²) in [5.41, 5.74) is 4.04. The molecule has 6 aromatic rings. The predicted octanol–water partition coefficient (Wildman–Crippen LogP) is 7.40. The van der Waals surface area contributed by atoms with Crippen LogP contribution in [0.5, 0.6) is 0 Å². The first kappa shape index (κ1) is 22.5. The normalized spacial score (nSPS) is 10.2. The average molecular weight is 601 g/mol. The summed E-state index contributed by atoms with van der Waals surface area (Å²) in [4.78, 5) is 8.77. The van der Waals surface area contributed by atoms with Crippen molar-refractivity contribution in [3.63, 3.8) is 0 Å². The van der Waals surface area contributed by atoms with Crippen molar-refractivity contribution >= 4 is 21.5 Å². The van der Waals surface area contributed by atoms with Crippen LogP contribution in [0.15, 0.2) is 122 Å². The number of rotatable bonds is 2. The van der Waals surface area contributed by atoms with E-state index in [1.807, 2.05) is 66.9 Å². The van der Waals surface area contributed by atoms with Crippen LogP contribution >= 0.6 is 0 Å². The van der Waals surface area contributed by atoms with Gasteiger partial charge in [-0.1, -0.05) is 48.5 Å². The maximum absolute atomic E-state index is 4.55. The van der Waals surface area contributed by atoms with Gasteiger partial charge in [0.05, 0.1) is 0 Å². The van der Waals surface area contributed by atoms with Crippen molar-refractivity contribution in [2.45, 2.75) is 0 Å². The third-order valence-corrected chi connectivity index (χ3v) is 5.28. The zero-order valence-corrected chi connectivity index (χ0v) is 20.2. The van der Waals surface area contributed by atoms with Crippen molar-refractivity contribution in [1.29, 1.82) is 0 Å². The first-order valence-electron chi connectivity index (χ1n) is 10.5. The van der Waals surface area contributed by atoms with Gasteiger partial charge in [-0.15, -0.1) is 71.8 Å². The zero-order valence-electron chi connectivity index (χ0n) is 17.8. The molecule has 0 bridgehead atoms. The standard InChI is InChI=1S/C19H12N.C11H8N.Ir/c1-2-7-15(8-3-1)19-18-11-10-14-6-4-5-9-16(14)17(18)12-13-20-19;1-2-6-10(7-3-1)11-8-4-5-9-12-11;/h1-7,9-13H;1-6,8-9H;/q2*-1;. The monoisotopic (exact) mass is 601 g/mol. The molecule has 161 valence electrons. The van der Waals surface area contributed by atoms with Crippen molar-refractivity contribution in [3.8, 4) is 22.5 Å². The van der Waals surface area contributed by atoms with Gasteiger partial charge in [0.1, 0.15) is 0 Å². The first-order chi connectivity index (χ1) is 15.9. The molecule has 0 spiro atoms. The topological polar surface area (TPSA) is 25.8 Å². The van der Waals surface area contributed by atoms with E-state index in [9.17, 15) is 0 Å². The molecule has 3 heteroatoms. The van der Waals surface area contributed by atoms with Crippen molar-refractivity contribution in [3.05, 3.63) is 134 Å². The Labute approximate surface area is 207 Å². The number of hydrogen-bond acceptors (Lipinski definition) is 2. The van der Waals surface area contributed by atoms with E-state index in [1.54, 1.807) is 6.20 Å². The van der Waals surface area contributed by atoms with Gasteiger partial charge in [-0.2, -0.15) is 0 Å². The predicted molar refractivity (Wildman–Crippen MR) is 132 cm³/mol. The van der Waals surface area contributed by atoms with Crippen LogP contribution in [0, 0.1) is 12.1 Å². The second kappa shape index (κ2) is 10.8. The van der Waals surface area contributed by atoms with E-state index in [0.29, 0.717) is 0 Å². The summed E-state index contributed by atoms with van der Waals surface area (Å²) in [5, 5.41) is 4.94. The Balaban J connectivity index is 0.000000172. The van der Waals surface area contributed by atoms with Crippen LogP contribution in [0.1, 0.15) is 0 Å². The molecule has 0 aliphatic carbocycles. The molecule has 2 heterocycles. The number of aromatic nitrogens is 2. The minimum Gasteiger partial charge on any atom is -0.305 e. The van der Waals surface area contributed by atoms with Crippen molar-refractivity contribution in [2.24, 2.45) is 0 Å². The fourth-order valence-corrected chi connectivity index (χ4v) is 3.77. The quantitative estimate of drug-likeness (QED) is 0.153. The molecule has 0 amide bonds. The molecule has 33 heavy (non-hydrogen) atoms. The van der Waals surface area contributed by atoms with E-state index in [4.69, 9.17) is 0 Å². The molecule has 2 aromatic heterocycles. The van der Waals surface area contributed by atoms with Gasteiger partial charge in [0.2, 0.25) is 0 Å². The van der Waals surface area contributed by atoms with E-state index in [1.165, 1.54) is 21.5 Å². The van der Waals surface area contributed by atoms with Crippen LogP contribution in [0.25, 0.3) is 44.1 Å². The van der Waals surface area contributed by atoms with Crippen LogP contribution in [-0.2, 0) is 20.1 Å². The molecule has 0 aliphatic rings. The Morgan fingerprint density at radius 1 is 0.485 bits per heavy atom. The van der Waals surface area contributed by atoms with Crippen LogP contribution in [-0.4, -0.2) is 9.97 Å². The fourth-order valence-electron chi connectivity index (χ4n) is 3.77. The van der Waals surface area contributed by atoms with Gasteiger partial charge in [0, 0.05) is 32.5 Å². The molecule has 1 radical (unpaired) electrons. The minimum atomic E-state index is 0. The molecular formula is C30H20IrN2-2. The molecule has 0 aliphatic heterocycles. The SMILES string of the molecule is [Ir].[c-]1ccccc1-c1ccccn1.[c-]1ccccc1-c1nccc2c1ccc1ccccc12. The van der Waals surface area contributed by atoms with Gasteiger partial charge in [-0.25, -0.2) is 0 Å². The minimum absolute atomic E-state index is 0. The van der Waals surface area contributed by atoms with Gasteiger partial charge in [-0.3, -0.25) is 0 Å². The summed E-state index contributed by atoms with van der Waals surface area (Å²) in [6.07, 6.45) is 3.67. The number of fused-ring (bicyclic) bond motifs is 3. The molecule has 4 aromatic carbocycles. The van der Waals surface area contributed by atoms with Gasteiger partial charge in [0.25, 0.3) is 0 Å². The van der Waals surface area contributed by atoms with Gasteiger partial charge in [0.15, 0.2) is 0 Å². The summed E-state index contributed by atoms with van der Waals surface area (Å²) in [6.45, 7) is 0. The molecule has 0 saturated heterocycles. The molecular weight excluding hydrogens is 581 g/mol. The zero-order chi connectivity index (χ0) is 21.6. The Morgan fingerprint density at radius 3 is 1.94 bits per heavy atom. The number of pyridine rings is 2. The number of nitrogens with zero attached hydrogens (tertiary/aromatic N) is 2. The van der Waals surface area contributed by atoms with Crippen molar-refractivity contribution in [2.75, 3.05) is 0 Å². The summed E-state index contributed by atoms with van der Waals surface area (Å²) < 4.78 is 0. The number of hydrogen-bond donors (Lipinski definition) is 0. The van der Waals surface area contributed by atoms with E-state index in [0.717, 1.165) is 22.5 Å². The molecule has 0 saturated carbocycles. The molecule has 0 fully saturated rings. The largest absolute Gasteiger partial charge is 0.305 e. The molecule has 0 atom stereocenters. The van der Waals surface area contributed by atoms with E-state index >= 15 is 0 Å². The third-order valence-electron chi connectivity index (χ3n) is 5.28. The summed E-state index contributed by atoms with van der Waals surface area (Å²) in [7, 11) is 0. The maximum Gasteiger partial charge on any atom is 0.0167 e. The Kier molecular flexibility index (Phi) is 7.36. The van der Waals surface area contributed by atoms with Gasteiger partial charge >= 0.3 is 0 Å². The Hall–Kier alpha value is -3.65. The summed E-state index contributed by atoms with van der Waals surface area (Å²) in [6, 6.07) is 42.9. The molecule has 0 N–H and O–H groups in total. The van der Waals surface area contributed by atoms with Crippen molar-refractivity contribution < 1.29 is 20.1 Å². The van der Waals surface area contributed by atoms with Crippen LogP contribution in [0.4, 0.5) is 0 Å². The fraction of sp³-hybridized carbons (Fsp3) is 0. The van der Waals surface area contributed by atoms with E-state index in [2.05, 4.69) is 70.6 Å². The Morgan fingerprint density at radius 2 is 1.21 bits per heavy atom. The first-order valence-corrected chi connectivity index (χ1v) is 10.5. The number of benzene rings is 4. The second-order valence-corrected chi connectivity index (χ2v) is 7.31. The second-order valence-electron chi connectivity index (χ2n) is 7.31. The van der Waals surface area contributed by atoms with Crippen molar-refractivity contribution in [1.82, 2.24) is 9.97 Å². The summed E-state index contributed by atoms with van der Waals surface area (Å²) >= 11 is 0. The van der Waals surface area contributed by atoms with Crippen LogP contribution in [0.2, 0.25) is 0 Å². The third kappa shape index (κ3) is 5.06. The van der Waals surface area contributed by atoms with Crippen LogP contribution in [0.3, 0.4) is 0 Å². The molecule has 6 rings (SSSR count). The Bertz CT molecular complexity index is 1410. The average Bonchev–Trinajstić information content (AvgIpc) is 2.90. The smallest absolute Gasteiger partial charge is 0.0167 e.